The van der Waals surface area contributed by atoms with Crippen molar-refractivity contribution >= 4 is 36.2 Å². The summed E-state index contributed by atoms with van der Waals surface area (Å²) in [5.74, 6) is -0.287. The number of hydrogen-bond donors (Lipinski definition) is 4. The molecule has 0 saturated carbocycles. The maximum Gasteiger partial charge on any atom is 0.305 e. The summed E-state index contributed by atoms with van der Waals surface area (Å²) < 4.78 is 10.8. The van der Waals surface area contributed by atoms with E-state index in [0.717, 1.165) is 82.7 Å². The Labute approximate surface area is 296 Å². The fourth-order valence-corrected chi connectivity index (χ4v) is 7.31. The standard InChI is InChI=1S/C42H56N4O4/c1-9-19-49-41(47)17-13-15-31-27(7)34-21-33-25(5)29(11-3)37(43-33)22-35-26(6)30(12-4)38(44-35)23-36-28(8)32(40(46-36)24-39(31)45-34)16-14-18-42(48)50-20-10-2/h21-24,43-46H,9-20H2,1-8H3. The molecule has 4 aromatic heterocycles. The molecule has 1 aliphatic heterocycles. The highest BCUT2D eigenvalue weighted by Crippen LogP contribution is 2.24. The van der Waals surface area contributed by atoms with E-state index in [2.05, 4.69) is 85.8 Å². The van der Waals surface area contributed by atoms with Gasteiger partial charge in [-0.05, 0) is 148 Å². The second kappa shape index (κ2) is 16.5. The molecule has 0 unspecified atom stereocenters. The number of rotatable bonds is 14. The lowest BCUT2D eigenvalue weighted by atomic mass is 10.0. The van der Waals surface area contributed by atoms with E-state index in [0.29, 0.717) is 38.9 Å². The first-order valence-corrected chi connectivity index (χ1v) is 18.7. The Morgan fingerprint density at radius 1 is 0.500 bits per heavy atom. The van der Waals surface area contributed by atoms with Crippen molar-refractivity contribution in [1.82, 2.24) is 19.9 Å². The summed E-state index contributed by atoms with van der Waals surface area (Å²) in [7, 11) is 0. The number of carbonyl (C=O) groups is 2. The van der Waals surface area contributed by atoms with E-state index < -0.39 is 0 Å². The van der Waals surface area contributed by atoms with Crippen molar-refractivity contribution < 1.29 is 19.1 Å². The number of hydrogen-bond acceptors (Lipinski definition) is 4. The highest BCUT2D eigenvalue weighted by atomic mass is 16.5. The van der Waals surface area contributed by atoms with Gasteiger partial charge in [0.05, 0.1) is 13.2 Å². The number of fused-ring (bicyclic) bond motifs is 8. The predicted molar refractivity (Wildman–Crippen MR) is 202 cm³/mol. The normalized spacial score (nSPS) is 12.2. The number of carbonyl (C=O) groups excluding carboxylic acids is 2. The Bertz CT molecular complexity index is 2100. The summed E-state index contributed by atoms with van der Waals surface area (Å²) in [6.45, 7) is 18.1. The van der Waals surface area contributed by atoms with Crippen LogP contribution in [0.4, 0.5) is 0 Å². The van der Waals surface area contributed by atoms with Crippen LogP contribution in [0.5, 0.6) is 0 Å². The predicted octanol–water partition coefficient (Wildman–Crippen LogP) is 5.54. The first-order chi connectivity index (χ1) is 24.1. The summed E-state index contributed by atoms with van der Waals surface area (Å²) in [6, 6.07) is 0. The van der Waals surface area contributed by atoms with Crippen molar-refractivity contribution in [2.75, 3.05) is 13.2 Å². The molecule has 5 heterocycles. The van der Waals surface area contributed by atoms with Gasteiger partial charge in [-0.25, -0.2) is 0 Å². The molecule has 50 heavy (non-hydrogen) atoms. The number of aromatic nitrogens is 4. The average Bonchev–Trinajstić information content (AvgIpc) is 3.76. The molecule has 4 N–H and O–H groups in total. The zero-order chi connectivity index (χ0) is 35.9. The van der Waals surface area contributed by atoms with Crippen molar-refractivity contribution in [3.63, 3.8) is 0 Å². The molecule has 4 aromatic rings. The highest BCUT2D eigenvalue weighted by Gasteiger charge is 2.17. The Kier molecular flexibility index (Phi) is 12.1. The second-order valence-electron chi connectivity index (χ2n) is 13.7. The summed E-state index contributed by atoms with van der Waals surface area (Å²) in [4.78, 5) is 39.9. The molecular weight excluding hydrogens is 624 g/mol. The van der Waals surface area contributed by atoms with E-state index in [9.17, 15) is 9.59 Å². The first kappa shape index (κ1) is 36.8. The van der Waals surface area contributed by atoms with Gasteiger partial charge in [-0.1, -0.05) is 27.7 Å². The fraction of sp³-hybridized carbons (Fsp3) is 0.476. The molecule has 0 saturated heterocycles. The summed E-state index contributed by atoms with van der Waals surface area (Å²) in [5.41, 5.74) is 14.2. The number of nitrogens with one attached hydrogen (secondary N) is 4. The van der Waals surface area contributed by atoms with Gasteiger partial charge in [-0.2, -0.15) is 0 Å². The SMILES string of the molecule is CCCOC(=O)CCCc1c2[nH]c(c1C)C=c1[nH]c(c(C)c1CC)=Cc1[nH]c(c(C)c1CC)C=c1[nH]c(c(CCCC(=O)OCCC)c1C)=C2. The zero-order valence-corrected chi connectivity index (χ0v) is 31.4. The Balaban J connectivity index is 1.72. The minimum absolute atomic E-state index is 0.144. The van der Waals surface area contributed by atoms with Crippen molar-refractivity contribution in [1.29, 1.82) is 0 Å². The highest BCUT2D eigenvalue weighted by molar-refractivity contribution is 5.70. The Morgan fingerprint density at radius 2 is 0.920 bits per heavy atom. The number of H-pyrrole nitrogens is 4. The lowest BCUT2D eigenvalue weighted by Gasteiger charge is -2.05. The molecular formula is C42H56N4O4. The topological polar surface area (TPSA) is 116 Å². The Morgan fingerprint density at radius 3 is 1.46 bits per heavy atom. The van der Waals surface area contributed by atoms with Crippen LogP contribution in [0.1, 0.15) is 134 Å². The molecule has 0 aliphatic carbocycles. The molecule has 1 aliphatic rings. The number of esters is 2. The quantitative estimate of drug-likeness (QED) is 0.115. The maximum absolute atomic E-state index is 12.4. The van der Waals surface area contributed by atoms with Crippen LogP contribution in [0, 0.1) is 27.7 Å². The largest absolute Gasteiger partial charge is 0.466 e. The van der Waals surface area contributed by atoms with Crippen LogP contribution in [-0.4, -0.2) is 45.1 Å². The van der Waals surface area contributed by atoms with Gasteiger partial charge in [0.25, 0.3) is 0 Å². The summed E-state index contributed by atoms with van der Waals surface area (Å²) >= 11 is 0. The monoisotopic (exact) mass is 680 g/mol. The van der Waals surface area contributed by atoms with Crippen molar-refractivity contribution in [3.8, 4) is 0 Å². The van der Waals surface area contributed by atoms with Gasteiger partial charge in [0.15, 0.2) is 0 Å². The molecule has 0 aromatic carbocycles. The van der Waals surface area contributed by atoms with Crippen LogP contribution in [0.15, 0.2) is 0 Å². The van der Waals surface area contributed by atoms with Crippen molar-refractivity contribution in [2.24, 2.45) is 0 Å². The van der Waals surface area contributed by atoms with Crippen LogP contribution < -0.4 is 21.4 Å². The van der Waals surface area contributed by atoms with Crippen molar-refractivity contribution in [3.05, 3.63) is 88.7 Å². The molecule has 0 spiro atoms. The van der Waals surface area contributed by atoms with Gasteiger partial charge in [0.1, 0.15) is 0 Å². The van der Waals surface area contributed by atoms with E-state index in [4.69, 9.17) is 9.47 Å². The van der Waals surface area contributed by atoms with Crippen LogP contribution in [0.2, 0.25) is 0 Å². The molecule has 268 valence electrons. The third-order valence-electron chi connectivity index (χ3n) is 10.2. The minimum Gasteiger partial charge on any atom is -0.466 e. The molecule has 0 radical (unpaired) electrons. The van der Waals surface area contributed by atoms with Crippen LogP contribution in [-0.2, 0) is 44.7 Å². The van der Waals surface area contributed by atoms with Crippen LogP contribution in [0.25, 0.3) is 24.3 Å². The molecule has 0 atom stereocenters. The van der Waals surface area contributed by atoms with Gasteiger partial charge in [0.2, 0.25) is 0 Å². The van der Waals surface area contributed by atoms with E-state index in [1.165, 1.54) is 44.5 Å². The fourth-order valence-electron chi connectivity index (χ4n) is 7.31. The molecule has 0 amide bonds. The summed E-state index contributed by atoms with van der Waals surface area (Å²) in [6.07, 6.45) is 16.1. The van der Waals surface area contributed by atoms with E-state index in [1.807, 2.05) is 13.8 Å². The first-order valence-electron chi connectivity index (χ1n) is 18.7. The number of aromatic amines is 4. The van der Waals surface area contributed by atoms with E-state index in [-0.39, 0.29) is 11.9 Å². The third kappa shape index (κ3) is 7.95. The van der Waals surface area contributed by atoms with Gasteiger partial charge in [-0.15, -0.1) is 0 Å². The van der Waals surface area contributed by atoms with Gasteiger partial charge in [-0.3, -0.25) is 9.59 Å². The molecule has 5 rings (SSSR count). The smallest absolute Gasteiger partial charge is 0.305 e. The second-order valence-corrected chi connectivity index (χ2v) is 13.7. The maximum atomic E-state index is 12.4. The van der Waals surface area contributed by atoms with E-state index >= 15 is 0 Å². The number of ether oxygens (including phenoxy) is 2. The lowest BCUT2D eigenvalue weighted by Crippen LogP contribution is -2.14. The molecule has 0 fully saturated rings. The summed E-state index contributed by atoms with van der Waals surface area (Å²) in [5, 5.41) is 4.30. The van der Waals surface area contributed by atoms with Crippen molar-refractivity contribution in [2.45, 2.75) is 120 Å². The lowest BCUT2D eigenvalue weighted by molar-refractivity contribution is -0.144. The van der Waals surface area contributed by atoms with Crippen LogP contribution >= 0.6 is 0 Å². The zero-order valence-electron chi connectivity index (χ0n) is 31.4. The Hall–Kier alpha value is -4.46. The molecule has 8 bridgehead atoms. The molecule has 8 nitrogen and oxygen atoms in total. The third-order valence-corrected chi connectivity index (χ3v) is 10.2. The van der Waals surface area contributed by atoms with Crippen LogP contribution in [0.3, 0.4) is 0 Å². The van der Waals surface area contributed by atoms with Gasteiger partial charge < -0.3 is 29.4 Å². The van der Waals surface area contributed by atoms with E-state index in [1.54, 1.807) is 0 Å². The van der Waals surface area contributed by atoms with Gasteiger partial charge in [0, 0.05) is 57.0 Å². The minimum atomic E-state index is -0.144. The molecule has 8 heteroatoms. The van der Waals surface area contributed by atoms with Gasteiger partial charge >= 0.3 is 11.9 Å². The average molecular weight is 681 g/mol.